The van der Waals surface area contributed by atoms with Crippen molar-refractivity contribution in [2.24, 2.45) is 5.92 Å². The van der Waals surface area contributed by atoms with Gasteiger partial charge in [-0.15, -0.1) is 0 Å². The molecule has 0 unspecified atom stereocenters. The quantitative estimate of drug-likeness (QED) is 0.797. The van der Waals surface area contributed by atoms with Crippen LogP contribution in [0, 0.1) is 5.92 Å². The molecule has 2 fully saturated rings. The zero-order chi connectivity index (χ0) is 19.5. The summed E-state index contributed by atoms with van der Waals surface area (Å²) >= 11 is 0. The summed E-state index contributed by atoms with van der Waals surface area (Å²) in [6, 6.07) is 16.1. The smallest absolute Gasteiger partial charge is 0.253 e. The van der Waals surface area contributed by atoms with E-state index in [0.717, 1.165) is 43.2 Å². The molecule has 0 N–H and O–H groups in total. The maximum Gasteiger partial charge on any atom is 0.253 e. The van der Waals surface area contributed by atoms with Crippen molar-refractivity contribution in [2.45, 2.75) is 25.4 Å². The number of hydrogen-bond acceptors (Lipinski definition) is 4. The van der Waals surface area contributed by atoms with Gasteiger partial charge in [0.15, 0.2) is 0 Å². The second-order valence-electron chi connectivity index (χ2n) is 7.73. The first-order chi connectivity index (χ1) is 13.7. The number of carbonyl (C=O) groups is 1. The number of methoxy groups -OCH3 is 2. The van der Waals surface area contributed by atoms with Crippen LogP contribution in [-0.2, 0) is 6.54 Å². The number of amides is 1. The average Bonchev–Trinajstić information content (AvgIpc) is 3.19. The predicted octanol–water partition coefficient (Wildman–Crippen LogP) is 3.44. The highest BCUT2D eigenvalue weighted by atomic mass is 16.5. The fourth-order valence-electron chi connectivity index (χ4n) is 4.56. The van der Waals surface area contributed by atoms with Crippen LogP contribution in [-0.4, -0.2) is 55.6 Å². The highest BCUT2D eigenvalue weighted by Gasteiger charge is 2.40. The Bertz CT molecular complexity index is 821. The fourth-order valence-corrected chi connectivity index (χ4v) is 4.56. The van der Waals surface area contributed by atoms with Crippen molar-refractivity contribution in [3.05, 3.63) is 59.7 Å². The van der Waals surface area contributed by atoms with E-state index in [9.17, 15) is 4.79 Å². The van der Waals surface area contributed by atoms with Crippen LogP contribution in [0.25, 0.3) is 0 Å². The fraction of sp³-hybridized carbons (Fsp3) is 0.435. The summed E-state index contributed by atoms with van der Waals surface area (Å²) in [5.74, 6) is 2.35. The van der Waals surface area contributed by atoms with E-state index in [1.54, 1.807) is 14.2 Å². The van der Waals surface area contributed by atoms with Crippen LogP contribution < -0.4 is 9.47 Å². The van der Waals surface area contributed by atoms with E-state index in [4.69, 9.17) is 9.47 Å². The molecular weight excluding hydrogens is 352 g/mol. The molecule has 2 atom stereocenters. The zero-order valence-electron chi connectivity index (χ0n) is 16.6. The van der Waals surface area contributed by atoms with Gasteiger partial charge in [-0.2, -0.15) is 0 Å². The number of benzene rings is 2. The van der Waals surface area contributed by atoms with Gasteiger partial charge in [-0.05, 0) is 67.3 Å². The maximum atomic E-state index is 13.0. The highest BCUT2D eigenvalue weighted by Crippen LogP contribution is 2.32. The van der Waals surface area contributed by atoms with E-state index in [2.05, 4.69) is 17.0 Å². The molecule has 28 heavy (non-hydrogen) atoms. The lowest BCUT2D eigenvalue weighted by Gasteiger charge is -2.36. The number of nitrogens with zero attached hydrogens (tertiary/aromatic N) is 2. The molecule has 2 aliphatic heterocycles. The van der Waals surface area contributed by atoms with Crippen molar-refractivity contribution in [1.29, 1.82) is 0 Å². The van der Waals surface area contributed by atoms with E-state index >= 15 is 0 Å². The lowest BCUT2D eigenvalue weighted by Crippen LogP contribution is -2.44. The lowest BCUT2D eigenvalue weighted by atomic mass is 9.91. The van der Waals surface area contributed by atoms with Gasteiger partial charge in [0.2, 0.25) is 0 Å². The van der Waals surface area contributed by atoms with Gasteiger partial charge in [0.25, 0.3) is 5.91 Å². The summed E-state index contributed by atoms with van der Waals surface area (Å²) in [6.45, 7) is 3.65. The van der Waals surface area contributed by atoms with Crippen molar-refractivity contribution >= 4 is 5.91 Å². The largest absolute Gasteiger partial charge is 0.497 e. The summed E-state index contributed by atoms with van der Waals surface area (Å²) in [5.41, 5.74) is 2.00. The molecule has 0 saturated carbocycles. The predicted molar refractivity (Wildman–Crippen MR) is 109 cm³/mol. The van der Waals surface area contributed by atoms with Crippen LogP contribution in [0.4, 0.5) is 0 Å². The Balaban J connectivity index is 1.45. The number of piperidine rings is 1. The Kier molecular flexibility index (Phi) is 5.53. The van der Waals surface area contributed by atoms with E-state index in [1.807, 2.05) is 41.3 Å². The summed E-state index contributed by atoms with van der Waals surface area (Å²) in [6.07, 6.45) is 2.39. The summed E-state index contributed by atoms with van der Waals surface area (Å²) in [4.78, 5) is 17.6. The number of hydrogen-bond donors (Lipinski definition) is 0. The van der Waals surface area contributed by atoms with Gasteiger partial charge in [-0.25, -0.2) is 0 Å². The second-order valence-corrected chi connectivity index (χ2v) is 7.73. The molecule has 0 radical (unpaired) electrons. The molecule has 2 aromatic carbocycles. The number of fused-ring (bicyclic) bond motifs is 1. The molecule has 2 heterocycles. The van der Waals surface area contributed by atoms with Crippen molar-refractivity contribution in [2.75, 3.05) is 33.9 Å². The average molecular weight is 380 g/mol. The van der Waals surface area contributed by atoms with Crippen LogP contribution in [0.3, 0.4) is 0 Å². The molecule has 2 aliphatic rings. The van der Waals surface area contributed by atoms with Crippen LogP contribution in [0.2, 0.25) is 0 Å². The van der Waals surface area contributed by atoms with Gasteiger partial charge in [-0.3, -0.25) is 9.69 Å². The minimum atomic E-state index is 0.124. The zero-order valence-corrected chi connectivity index (χ0v) is 16.6. The van der Waals surface area contributed by atoms with Crippen LogP contribution >= 0.6 is 0 Å². The molecule has 1 amide bonds. The first-order valence-electron chi connectivity index (χ1n) is 9.98. The first kappa shape index (κ1) is 18.8. The number of ether oxygens (including phenoxy) is 2. The standard InChI is InChI=1S/C23H28N2O3/c1-27-20-10-8-18(9-11-20)23(26)25-15-19-6-4-12-24(22(19)16-25)14-17-5-3-7-21(13-17)28-2/h3,5,7-11,13,19,22H,4,6,12,14-16H2,1-2H3/t19-,22+/m1/s1. The van der Waals surface area contributed by atoms with Gasteiger partial charge >= 0.3 is 0 Å². The number of likely N-dealkylation sites (tertiary alicyclic amines) is 2. The minimum Gasteiger partial charge on any atom is -0.497 e. The van der Waals surface area contributed by atoms with Crippen LogP contribution in [0.15, 0.2) is 48.5 Å². The third kappa shape index (κ3) is 3.85. The van der Waals surface area contributed by atoms with E-state index in [-0.39, 0.29) is 5.91 Å². The molecule has 4 rings (SSSR count). The molecule has 2 aromatic rings. The van der Waals surface area contributed by atoms with E-state index < -0.39 is 0 Å². The summed E-state index contributed by atoms with van der Waals surface area (Å²) in [5, 5.41) is 0. The Hall–Kier alpha value is -2.53. The van der Waals surface area contributed by atoms with Gasteiger partial charge in [0.05, 0.1) is 14.2 Å². The highest BCUT2D eigenvalue weighted by molar-refractivity contribution is 5.94. The topological polar surface area (TPSA) is 42.0 Å². The van der Waals surface area contributed by atoms with Crippen LogP contribution in [0.5, 0.6) is 11.5 Å². The molecule has 0 aliphatic carbocycles. The van der Waals surface area contributed by atoms with Crippen molar-refractivity contribution < 1.29 is 14.3 Å². The molecule has 0 spiro atoms. The second kappa shape index (κ2) is 8.23. The third-order valence-electron chi connectivity index (χ3n) is 6.04. The molecule has 0 bridgehead atoms. The Morgan fingerprint density at radius 2 is 1.82 bits per heavy atom. The molecule has 148 valence electrons. The molecular formula is C23H28N2O3. The van der Waals surface area contributed by atoms with E-state index in [1.165, 1.54) is 18.4 Å². The molecule has 5 heteroatoms. The van der Waals surface area contributed by atoms with Gasteiger partial charge < -0.3 is 14.4 Å². The van der Waals surface area contributed by atoms with Crippen molar-refractivity contribution in [3.8, 4) is 11.5 Å². The number of rotatable bonds is 5. The SMILES string of the molecule is COc1ccc(C(=O)N2C[C@H]3CCCN(Cc4cccc(OC)c4)[C@H]3C2)cc1. The monoisotopic (exact) mass is 380 g/mol. The Labute approximate surface area is 166 Å². The van der Waals surface area contributed by atoms with Crippen LogP contribution in [0.1, 0.15) is 28.8 Å². The van der Waals surface area contributed by atoms with Crippen molar-refractivity contribution in [1.82, 2.24) is 9.80 Å². The lowest BCUT2D eigenvalue weighted by molar-refractivity contribution is 0.0774. The van der Waals surface area contributed by atoms with Gasteiger partial charge in [0.1, 0.15) is 11.5 Å². The first-order valence-corrected chi connectivity index (χ1v) is 9.98. The van der Waals surface area contributed by atoms with Gasteiger partial charge in [-0.1, -0.05) is 12.1 Å². The van der Waals surface area contributed by atoms with Gasteiger partial charge in [0, 0.05) is 31.2 Å². The maximum absolute atomic E-state index is 13.0. The summed E-state index contributed by atoms with van der Waals surface area (Å²) in [7, 11) is 3.34. The normalized spacial score (nSPS) is 22.0. The molecule has 0 aromatic heterocycles. The molecule has 2 saturated heterocycles. The number of carbonyl (C=O) groups excluding carboxylic acids is 1. The minimum absolute atomic E-state index is 0.124. The van der Waals surface area contributed by atoms with E-state index in [0.29, 0.717) is 12.0 Å². The Morgan fingerprint density at radius 3 is 2.57 bits per heavy atom. The third-order valence-corrected chi connectivity index (χ3v) is 6.04. The Morgan fingerprint density at radius 1 is 1.04 bits per heavy atom. The molecule has 5 nitrogen and oxygen atoms in total. The summed E-state index contributed by atoms with van der Waals surface area (Å²) < 4.78 is 10.6. The van der Waals surface area contributed by atoms with Crippen molar-refractivity contribution in [3.63, 3.8) is 0 Å².